The van der Waals surface area contributed by atoms with Crippen molar-refractivity contribution >= 4 is 18.0 Å². The summed E-state index contributed by atoms with van der Waals surface area (Å²) in [6, 6.07) is 15.3. The summed E-state index contributed by atoms with van der Waals surface area (Å²) in [7, 11) is 0. The minimum absolute atomic E-state index is 0.0504. The molecular formula is C27H32N2O6. The number of aliphatic carboxylic acids is 1. The number of carbonyl (C=O) groups is 3. The van der Waals surface area contributed by atoms with Gasteiger partial charge in [-0.2, -0.15) is 0 Å². The number of hydrogen-bond donors (Lipinski definition) is 3. The zero-order valence-electron chi connectivity index (χ0n) is 20.1. The number of carboxylic acid groups (broad SMARTS) is 1. The average molecular weight is 481 g/mol. The van der Waals surface area contributed by atoms with E-state index in [-0.39, 0.29) is 31.6 Å². The van der Waals surface area contributed by atoms with Crippen molar-refractivity contribution in [2.45, 2.75) is 38.6 Å². The van der Waals surface area contributed by atoms with Crippen LogP contribution >= 0.6 is 0 Å². The van der Waals surface area contributed by atoms with E-state index in [0.29, 0.717) is 19.4 Å². The van der Waals surface area contributed by atoms with Gasteiger partial charge in [-0.05, 0) is 41.0 Å². The Kier molecular flexibility index (Phi) is 7.40. The lowest BCUT2D eigenvalue weighted by molar-refractivity contribution is -0.157. The number of amides is 2. The third-order valence-corrected chi connectivity index (χ3v) is 6.94. The minimum Gasteiger partial charge on any atom is -0.481 e. The van der Waals surface area contributed by atoms with Crippen molar-refractivity contribution in [1.82, 2.24) is 10.6 Å². The highest BCUT2D eigenvalue weighted by Crippen LogP contribution is 2.44. The second-order valence-corrected chi connectivity index (χ2v) is 9.65. The third kappa shape index (κ3) is 5.17. The van der Waals surface area contributed by atoms with Gasteiger partial charge in [-0.25, -0.2) is 4.79 Å². The number of hydrogen-bond acceptors (Lipinski definition) is 5. The SMILES string of the molecule is CC(C)[C@H](NC(=O)OCC1c2ccccc2-c2ccccc21)C(=O)NCC1(C(=O)O)CCCOC1. The molecule has 1 aliphatic heterocycles. The van der Waals surface area contributed by atoms with Gasteiger partial charge in [0.25, 0.3) is 0 Å². The zero-order chi connectivity index (χ0) is 25.0. The maximum absolute atomic E-state index is 12.9. The van der Waals surface area contributed by atoms with E-state index >= 15 is 0 Å². The molecule has 2 aromatic carbocycles. The minimum atomic E-state index is -1.15. The predicted molar refractivity (Wildman–Crippen MR) is 130 cm³/mol. The van der Waals surface area contributed by atoms with E-state index in [1.165, 1.54) is 0 Å². The molecule has 0 aromatic heterocycles. The first-order valence-electron chi connectivity index (χ1n) is 12.0. The fraction of sp³-hybridized carbons (Fsp3) is 0.444. The Balaban J connectivity index is 1.37. The highest BCUT2D eigenvalue weighted by molar-refractivity contribution is 5.87. The summed E-state index contributed by atoms with van der Waals surface area (Å²) in [6.45, 7) is 4.27. The number of rotatable bonds is 8. The van der Waals surface area contributed by atoms with Gasteiger partial charge < -0.3 is 25.2 Å². The van der Waals surface area contributed by atoms with Crippen LogP contribution in [0.1, 0.15) is 43.7 Å². The van der Waals surface area contributed by atoms with Crippen LogP contribution in [0, 0.1) is 11.3 Å². The molecule has 35 heavy (non-hydrogen) atoms. The molecule has 1 unspecified atom stereocenters. The summed E-state index contributed by atoms with van der Waals surface area (Å²) < 4.78 is 10.9. The normalized spacial score (nSPS) is 20.0. The van der Waals surface area contributed by atoms with Crippen LogP contribution in [-0.2, 0) is 19.1 Å². The molecule has 0 spiro atoms. The molecule has 8 nitrogen and oxygen atoms in total. The van der Waals surface area contributed by atoms with Crippen molar-refractivity contribution in [2.24, 2.45) is 11.3 Å². The van der Waals surface area contributed by atoms with E-state index < -0.39 is 29.4 Å². The molecule has 0 radical (unpaired) electrons. The molecule has 1 fully saturated rings. The Morgan fingerprint density at radius 3 is 2.26 bits per heavy atom. The smallest absolute Gasteiger partial charge is 0.407 e. The van der Waals surface area contributed by atoms with Gasteiger partial charge in [-0.3, -0.25) is 9.59 Å². The van der Waals surface area contributed by atoms with Crippen molar-refractivity contribution < 1.29 is 29.0 Å². The summed E-state index contributed by atoms with van der Waals surface area (Å²) in [5, 5.41) is 15.1. The summed E-state index contributed by atoms with van der Waals surface area (Å²) in [6.07, 6.45) is 0.359. The quantitative estimate of drug-likeness (QED) is 0.533. The molecule has 2 atom stereocenters. The van der Waals surface area contributed by atoms with Crippen LogP contribution < -0.4 is 10.6 Å². The molecule has 186 valence electrons. The van der Waals surface area contributed by atoms with Gasteiger partial charge in [0.15, 0.2) is 0 Å². The molecule has 0 bridgehead atoms. The molecular weight excluding hydrogens is 448 g/mol. The molecule has 2 aromatic rings. The first-order chi connectivity index (χ1) is 16.8. The Morgan fingerprint density at radius 2 is 1.71 bits per heavy atom. The lowest BCUT2D eigenvalue weighted by atomic mass is 9.82. The number of carbonyl (C=O) groups excluding carboxylic acids is 2. The summed E-state index contributed by atoms with van der Waals surface area (Å²) in [4.78, 5) is 37.4. The highest BCUT2D eigenvalue weighted by Gasteiger charge is 2.41. The van der Waals surface area contributed by atoms with E-state index in [0.717, 1.165) is 22.3 Å². The molecule has 3 N–H and O–H groups in total. The van der Waals surface area contributed by atoms with Gasteiger partial charge in [0.05, 0.1) is 6.61 Å². The maximum Gasteiger partial charge on any atom is 0.407 e. The van der Waals surface area contributed by atoms with Crippen LogP contribution in [0.5, 0.6) is 0 Å². The Morgan fingerprint density at radius 1 is 1.09 bits per heavy atom. The van der Waals surface area contributed by atoms with Gasteiger partial charge in [-0.15, -0.1) is 0 Å². The fourth-order valence-electron chi connectivity index (χ4n) is 4.90. The maximum atomic E-state index is 12.9. The summed E-state index contributed by atoms with van der Waals surface area (Å²) in [5.41, 5.74) is 3.33. The molecule has 2 aliphatic rings. The first kappa shape index (κ1) is 24.7. The molecule has 1 saturated heterocycles. The molecule has 2 amide bonds. The number of fused-ring (bicyclic) bond motifs is 3. The van der Waals surface area contributed by atoms with Crippen LogP contribution in [0.2, 0.25) is 0 Å². The van der Waals surface area contributed by atoms with Crippen LogP contribution in [0.25, 0.3) is 11.1 Å². The number of ether oxygens (including phenoxy) is 2. The van der Waals surface area contributed by atoms with Crippen molar-refractivity contribution in [1.29, 1.82) is 0 Å². The lowest BCUT2D eigenvalue weighted by Gasteiger charge is -2.33. The van der Waals surface area contributed by atoms with E-state index in [1.54, 1.807) is 0 Å². The monoisotopic (exact) mass is 480 g/mol. The Labute approximate surface area is 205 Å². The van der Waals surface area contributed by atoms with Crippen molar-refractivity contribution in [3.8, 4) is 11.1 Å². The number of benzene rings is 2. The van der Waals surface area contributed by atoms with E-state index in [1.807, 2.05) is 50.2 Å². The molecule has 0 saturated carbocycles. The molecule has 4 rings (SSSR count). The number of carboxylic acids is 1. The van der Waals surface area contributed by atoms with Gasteiger partial charge in [-0.1, -0.05) is 62.4 Å². The average Bonchev–Trinajstić information content (AvgIpc) is 3.18. The summed E-state index contributed by atoms with van der Waals surface area (Å²) in [5.74, 6) is -1.75. The third-order valence-electron chi connectivity index (χ3n) is 6.94. The Bertz CT molecular complexity index is 1050. The van der Waals surface area contributed by atoms with Crippen LogP contribution in [-0.4, -0.2) is 55.5 Å². The zero-order valence-corrected chi connectivity index (χ0v) is 20.1. The van der Waals surface area contributed by atoms with E-state index in [4.69, 9.17) is 9.47 Å². The lowest BCUT2D eigenvalue weighted by Crippen LogP contribution is -2.54. The van der Waals surface area contributed by atoms with Crippen molar-refractivity contribution in [3.05, 3.63) is 59.7 Å². The van der Waals surface area contributed by atoms with E-state index in [9.17, 15) is 19.5 Å². The molecule has 8 heteroatoms. The fourth-order valence-corrected chi connectivity index (χ4v) is 4.90. The van der Waals surface area contributed by atoms with Crippen LogP contribution in [0.15, 0.2) is 48.5 Å². The second-order valence-electron chi connectivity index (χ2n) is 9.65. The van der Waals surface area contributed by atoms with Crippen molar-refractivity contribution in [3.63, 3.8) is 0 Å². The van der Waals surface area contributed by atoms with E-state index in [2.05, 4.69) is 22.8 Å². The van der Waals surface area contributed by atoms with Crippen LogP contribution in [0.3, 0.4) is 0 Å². The second kappa shape index (κ2) is 10.5. The summed E-state index contributed by atoms with van der Waals surface area (Å²) >= 11 is 0. The largest absolute Gasteiger partial charge is 0.481 e. The molecule has 1 heterocycles. The van der Waals surface area contributed by atoms with Gasteiger partial charge in [0.2, 0.25) is 5.91 Å². The Hall–Kier alpha value is -3.39. The standard InChI is InChI=1S/C27H32N2O6/c1-17(2)23(24(30)28-15-27(25(31)32)12-7-13-34-16-27)29-26(33)35-14-22-20-10-5-3-8-18(20)19-9-4-6-11-21(19)22/h3-6,8-11,17,22-23H,7,12-16H2,1-2H3,(H,28,30)(H,29,33)(H,31,32)/t23-,27?/m0/s1. The van der Waals surface area contributed by atoms with Crippen molar-refractivity contribution in [2.75, 3.05) is 26.4 Å². The van der Waals surface area contributed by atoms with Crippen LogP contribution in [0.4, 0.5) is 4.79 Å². The van der Waals surface area contributed by atoms with Gasteiger partial charge in [0.1, 0.15) is 18.1 Å². The number of nitrogens with one attached hydrogen (secondary N) is 2. The topological polar surface area (TPSA) is 114 Å². The van der Waals surface area contributed by atoms with Gasteiger partial charge in [0, 0.05) is 19.1 Å². The highest BCUT2D eigenvalue weighted by atomic mass is 16.5. The predicted octanol–water partition coefficient (Wildman–Crippen LogP) is 3.55. The molecule has 1 aliphatic carbocycles. The number of alkyl carbamates (subject to hydrolysis) is 1. The first-order valence-corrected chi connectivity index (χ1v) is 12.0. The van der Waals surface area contributed by atoms with Gasteiger partial charge >= 0.3 is 12.1 Å².